The minimum Gasteiger partial charge on any atom is -0.399 e. The lowest BCUT2D eigenvalue weighted by atomic mass is 10.2. The molecule has 0 spiro atoms. The number of aromatic nitrogens is 1. The second-order valence-corrected chi connectivity index (χ2v) is 5.85. The summed E-state index contributed by atoms with van der Waals surface area (Å²) < 4.78 is 13.8. The zero-order valence-electron chi connectivity index (χ0n) is 10.7. The molecular formula is C14H16N2O2S. The van der Waals surface area contributed by atoms with Crippen LogP contribution in [0.1, 0.15) is 5.56 Å². The predicted molar refractivity (Wildman–Crippen MR) is 77.6 cm³/mol. The van der Waals surface area contributed by atoms with Gasteiger partial charge >= 0.3 is 0 Å². The van der Waals surface area contributed by atoms with Crippen molar-refractivity contribution in [2.45, 2.75) is 18.4 Å². The van der Waals surface area contributed by atoms with Crippen LogP contribution in [0.2, 0.25) is 0 Å². The summed E-state index contributed by atoms with van der Waals surface area (Å²) in [6, 6.07) is 10.4. The topological polar surface area (TPSA) is 65.1 Å². The van der Waals surface area contributed by atoms with Gasteiger partial charge in [0.1, 0.15) is 0 Å². The van der Waals surface area contributed by atoms with Gasteiger partial charge in [0.05, 0.1) is 10.8 Å². The van der Waals surface area contributed by atoms with Crippen LogP contribution < -0.4 is 11.3 Å². The van der Waals surface area contributed by atoms with E-state index in [2.05, 4.69) is 0 Å². The van der Waals surface area contributed by atoms with E-state index in [0.717, 1.165) is 10.5 Å². The molecule has 0 amide bonds. The monoisotopic (exact) mass is 276 g/mol. The van der Waals surface area contributed by atoms with Crippen LogP contribution in [0, 0.1) is 6.92 Å². The second-order valence-electron chi connectivity index (χ2n) is 4.31. The highest BCUT2D eigenvalue weighted by Crippen LogP contribution is 2.16. The average Bonchev–Trinajstić information content (AvgIpc) is 2.40. The summed E-state index contributed by atoms with van der Waals surface area (Å²) in [5.41, 5.74) is 7.18. The van der Waals surface area contributed by atoms with Gasteiger partial charge in [-0.1, -0.05) is 12.1 Å². The first kappa shape index (κ1) is 13.5. The van der Waals surface area contributed by atoms with Crippen molar-refractivity contribution in [3.8, 4) is 0 Å². The molecule has 0 aliphatic heterocycles. The molecule has 19 heavy (non-hydrogen) atoms. The summed E-state index contributed by atoms with van der Waals surface area (Å²) in [6.07, 6.45) is 1.70. The van der Waals surface area contributed by atoms with Gasteiger partial charge in [-0.25, -0.2) is 0 Å². The zero-order chi connectivity index (χ0) is 13.8. The van der Waals surface area contributed by atoms with Gasteiger partial charge in [-0.3, -0.25) is 9.00 Å². The number of aryl methyl sites for hydroxylation is 2. The minimum atomic E-state index is -1.15. The van der Waals surface area contributed by atoms with E-state index in [-0.39, 0.29) is 5.56 Å². The van der Waals surface area contributed by atoms with Crippen molar-refractivity contribution in [1.82, 2.24) is 4.57 Å². The number of nitrogens with two attached hydrogens (primary N) is 1. The van der Waals surface area contributed by atoms with Gasteiger partial charge in [-0.05, 0) is 30.7 Å². The summed E-state index contributed by atoms with van der Waals surface area (Å²) >= 11 is 0. The highest BCUT2D eigenvalue weighted by Gasteiger charge is 2.08. The predicted octanol–water partition coefficient (Wildman–Crippen LogP) is 1.55. The van der Waals surface area contributed by atoms with Crippen LogP contribution in [0.5, 0.6) is 0 Å². The number of anilines is 1. The lowest BCUT2D eigenvalue weighted by Crippen LogP contribution is -2.21. The molecule has 2 aromatic rings. The van der Waals surface area contributed by atoms with Crippen molar-refractivity contribution in [1.29, 1.82) is 0 Å². The largest absolute Gasteiger partial charge is 0.399 e. The second kappa shape index (κ2) is 5.84. The Morgan fingerprint density at radius 3 is 2.79 bits per heavy atom. The molecule has 0 radical (unpaired) electrons. The molecule has 0 saturated carbocycles. The van der Waals surface area contributed by atoms with E-state index in [1.165, 1.54) is 6.07 Å². The molecule has 5 heteroatoms. The van der Waals surface area contributed by atoms with Crippen LogP contribution in [-0.2, 0) is 17.3 Å². The molecule has 1 atom stereocenters. The third kappa shape index (κ3) is 3.32. The van der Waals surface area contributed by atoms with Crippen LogP contribution in [0.15, 0.2) is 52.3 Å². The van der Waals surface area contributed by atoms with Gasteiger partial charge in [-0.2, -0.15) is 0 Å². The van der Waals surface area contributed by atoms with E-state index in [1.807, 2.05) is 13.0 Å². The summed E-state index contributed by atoms with van der Waals surface area (Å²) in [5.74, 6) is 0.397. The van der Waals surface area contributed by atoms with Crippen LogP contribution >= 0.6 is 0 Å². The van der Waals surface area contributed by atoms with E-state index in [0.29, 0.717) is 18.0 Å². The van der Waals surface area contributed by atoms with Crippen LogP contribution in [-0.4, -0.2) is 14.5 Å². The van der Waals surface area contributed by atoms with Crippen molar-refractivity contribution in [2.24, 2.45) is 0 Å². The fourth-order valence-corrected chi connectivity index (χ4v) is 3.08. The van der Waals surface area contributed by atoms with Crippen molar-refractivity contribution >= 4 is 16.5 Å². The first-order valence-corrected chi connectivity index (χ1v) is 7.30. The quantitative estimate of drug-likeness (QED) is 0.862. The molecule has 100 valence electrons. The Kier molecular flexibility index (Phi) is 4.16. The molecule has 0 aliphatic rings. The first-order valence-electron chi connectivity index (χ1n) is 5.98. The number of pyridine rings is 1. The first-order chi connectivity index (χ1) is 9.08. The summed E-state index contributed by atoms with van der Waals surface area (Å²) in [7, 11) is -1.15. The number of nitrogen functional groups attached to an aromatic ring is 1. The fourth-order valence-electron chi connectivity index (χ4n) is 1.80. The number of hydrogen-bond acceptors (Lipinski definition) is 3. The van der Waals surface area contributed by atoms with E-state index in [4.69, 9.17) is 5.73 Å². The normalized spacial score (nSPS) is 12.3. The number of rotatable bonds is 4. The molecule has 1 heterocycles. The van der Waals surface area contributed by atoms with Gasteiger partial charge in [0, 0.05) is 35.1 Å². The Balaban J connectivity index is 2.12. The summed E-state index contributed by atoms with van der Waals surface area (Å²) in [4.78, 5) is 12.3. The van der Waals surface area contributed by atoms with Gasteiger partial charge in [-0.15, -0.1) is 0 Å². The van der Waals surface area contributed by atoms with Gasteiger partial charge in [0.25, 0.3) is 5.56 Å². The SMILES string of the molecule is Cc1ccc(N)cc1S(=O)CCn1ccccc1=O. The highest BCUT2D eigenvalue weighted by molar-refractivity contribution is 7.85. The molecule has 1 aromatic carbocycles. The lowest BCUT2D eigenvalue weighted by molar-refractivity contribution is 0.668. The van der Waals surface area contributed by atoms with Crippen molar-refractivity contribution in [2.75, 3.05) is 11.5 Å². The van der Waals surface area contributed by atoms with Crippen molar-refractivity contribution < 1.29 is 4.21 Å². The Morgan fingerprint density at radius 1 is 1.26 bits per heavy atom. The third-order valence-electron chi connectivity index (χ3n) is 2.87. The maximum Gasteiger partial charge on any atom is 0.250 e. The minimum absolute atomic E-state index is 0.0798. The maximum atomic E-state index is 12.2. The number of benzene rings is 1. The fraction of sp³-hybridized carbons (Fsp3) is 0.214. The van der Waals surface area contributed by atoms with Crippen molar-refractivity contribution in [3.05, 3.63) is 58.5 Å². The Hall–Kier alpha value is -1.88. The van der Waals surface area contributed by atoms with Crippen LogP contribution in [0.25, 0.3) is 0 Å². The highest BCUT2D eigenvalue weighted by atomic mass is 32.2. The molecule has 1 unspecified atom stereocenters. The summed E-state index contributed by atoms with van der Waals surface area (Å²) in [5, 5.41) is 0. The molecule has 2 rings (SSSR count). The molecule has 1 aromatic heterocycles. The molecule has 2 N–H and O–H groups in total. The Morgan fingerprint density at radius 2 is 2.05 bits per heavy atom. The average molecular weight is 276 g/mol. The summed E-state index contributed by atoms with van der Waals surface area (Å²) in [6.45, 7) is 2.34. The van der Waals surface area contributed by atoms with Gasteiger partial charge < -0.3 is 10.3 Å². The molecule has 0 saturated heterocycles. The number of hydrogen-bond donors (Lipinski definition) is 1. The van der Waals surface area contributed by atoms with E-state index < -0.39 is 10.8 Å². The lowest BCUT2D eigenvalue weighted by Gasteiger charge is -2.08. The van der Waals surface area contributed by atoms with Crippen LogP contribution in [0.4, 0.5) is 5.69 Å². The zero-order valence-corrected chi connectivity index (χ0v) is 11.5. The van der Waals surface area contributed by atoms with E-state index >= 15 is 0 Å². The van der Waals surface area contributed by atoms with Gasteiger partial charge in [0.15, 0.2) is 0 Å². The number of nitrogens with zero attached hydrogens (tertiary/aromatic N) is 1. The molecule has 0 fully saturated rings. The molecule has 0 aliphatic carbocycles. The maximum absolute atomic E-state index is 12.2. The smallest absolute Gasteiger partial charge is 0.250 e. The van der Waals surface area contributed by atoms with E-state index in [1.54, 1.807) is 35.0 Å². The standard InChI is InChI=1S/C14H16N2O2S/c1-11-5-6-12(15)10-13(11)19(18)9-8-16-7-3-2-4-14(16)17/h2-7,10H,8-9,15H2,1H3. The van der Waals surface area contributed by atoms with Gasteiger partial charge in [0.2, 0.25) is 0 Å². The molecule has 4 nitrogen and oxygen atoms in total. The van der Waals surface area contributed by atoms with Crippen LogP contribution in [0.3, 0.4) is 0 Å². The Labute approximate surface area is 114 Å². The molecule has 0 bridgehead atoms. The molecular weight excluding hydrogens is 260 g/mol. The Bertz CT molecular complexity index is 664. The third-order valence-corrected chi connectivity index (χ3v) is 4.36. The van der Waals surface area contributed by atoms with Crippen molar-refractivity contribution in [3.63, 3.8) is 0 Å². The van der Waals surface area contributed by atoms with E-state index in [9.17, 15) is 9.00 Å².